The largest absolute Gasteiger partial charge is 0.470 e. The molecule has 0 unspecified atom stereocenters. The molecule has 0 aliphatic carbocycles. The first-order valence-electron chi connectivity index (χ1n) is 14.2. The summed E-state index contributed by atoms with van der Waals surface area (Å²) in [6.45, 7) is 6.64. The fourth-order valence-electron chi connectivity index (χ4n) is 5.11. The van der Waals surface area contributed by atoms with Crippen LogP contribution < -0.4 is 10.6 Å². The topological polar surface area (TPSA) is 124 Å². The lowest BCUT2D eigenvalue weighted by molar-refractivity contribution is -0.156. The summed E-state index contributed by atoms with van der Waals surface area (Å²) in [6, 6.07) is 9.20. The van der Waals surface area contributed by atoms with Crippen LogP contribution in [0.5, 0.6) is 0 Å². The number of carbonyl (C=O) groups excluding carboxylic acids is 1. The van der Waals surface area contributed by atoms with E-state index in [0.29, 0.717) is 48.6 Å². The molecule has 6 rings (SSSR count). The van der Waals surface area contributed by atoms with E-state index in [2.05, 4.69) is 20.2 Å². The number of fused-ring (bicyclic) bond motifs is 1. The summed E-state index contributed by atoms with van der Waals surface area (Å²) in [5.74, 6) is -2.40. The first-order valence-corrected chi connectivity index (χ1v) is 14.2. The van der Waals surface area contributed by atoms with E-state index in [0.717, 1.165) is 0 Å². The second-order valence-electron chi connectivity index (χ2n) is 11.6. The van der Waals surface area contributed by atoms with Crippen molar-refractivity contribution < 1.29 is 31.5 Å². The number of aromatic nitrogens is 6. The van der Waals surface area contributed by atoms with Crippen molar-refractivity contribution in [1.82, 2.24) is 34.2 Å². The Bertz CT molecular complexity index is 1940. The van der Waals surface area contributed by atoms with Crippen LogP contribution in [-0.2, 0) is 17.5 Å². The molecular formula is C30H28F4N8O4. The van der Waals surface area contributed by atoms with Crippen LogP contribution in [0.2, 0.25) is 0 Å². The van der Waals surface area contributed by atoms with Crippen LogP contribution in [0.1, 0.15) is 32.4 Å². The molecule has 1 aliphatic rings. The van der Waals surface area contributed by atoms with E-state index < -0.39 is 35.3 Å². The molecule has 240 valence electrons. The van der Waals surface area contributed by atoms with Gasteiger partial charge in [0.1, 0.15) is 11.4 Å². The van der Waals surface area contributed by atoms with Gasteiger partial charge in [-0.25, -0.2) is 14.0 Å². The van der Waals surface area contributed by atoms with Gasteiger partial charge in [-0.2, -0.15) is 13.2 Å². The molecule has 0 N–H and O–H groups in total. The Morgan fingerprint density at radius 1 is 1.00 bits per heavy atom. The molecule has 0 radical (unpaired) electrons. The summed E-state index contributed by atoms with van der Waals surface area (Å²) < 4.78 is 67.3. The molecule has 5 heterocycles. The second-order valence-corrected chi connectivity index (χ2v) is 11.6. The molecule has 12 nitrogen and oxygen atoms in total. The fourth-order valence-corrected chi connectivity index (χ4v) is 5.11. The number of rotatable bonds is 5. The molecule has 5 aromatic rings. The number of imidazole rings is 1. The zero-order valence-corrected chi connectivity index (χ0v) is 25.0. The first kappa shape index (κ1) is 30.7. The highest BCUT2D eigenvalue weighted by molar-refractivity contribution is 5.83. The number of carbonyl (C=O) groups is 1. The predicted octanol–water partition coefficient (Wildman–Crippen LogP) is 4.90. The summed E-state index contributed by atoms with van der Waals surface area (Å²) in [5, 5.41) is 6.45. The third kappa shape index (κ3) is 6.14. The summed E-state index contributed by atoms with van der Waals surface area (Å²) in [7, 11) is 0. The summed E-state index contributed by atoms with van der Waals surface area (Å²) in [5.41, 5.74) is 0.850. The Kier molecular flexibility index (Phi) is 7.73. The lowest BCUT2D eigenvalue weighted by Gasteiger charge is -2.36. The van der Waals surface area contributed by atoms with Crippen LogP contribution in [0.25, 0.3) is 28.2 Å². The van der Waals surface area contributed by atoms with Crippen molar-refractivity contribution in [3.8, 4) is 17.1 Å². The van der Waals surface area contributed by atoms with Gasteiger partial charge >= 0.3 is 23.9 Å². The molecule has 1 amide bonds. The minimum absolute atomic E-state index is 0.0755. The molecule has 16 heteroatoms. The Morgan fingerprint density at radius 3 is 2.37 bits per heavy atom. The number of benzene rings is 1. The van der Waals surface area contributed by atoms with Crippen LogP contribution >= 0.6 is 0 Å². The van der Waals surface area contributed by atoms with Gasteiger partial charge in [0.05, 0.1) is 46.4 Å². The monoisotopic (exact) mass is 640 g/mol. The molecule has 1 saturated heterocycles. The standard InChI is InChI=1S/C30H28F4N8O4/c1-29(2,3)46-28(44)40-11-9-39(10-12-40)22-14-24-23(13-21(22)31)41(27(43)42(24)20-5-4-8-35-16-20)17-19-7-6-18(15-36-19)25-37-38-26(45-25)30(32,33)34/h4-8,13-16H,9-12,17H2,1-3H3. The van der Waals surface area contributed by atoms with Gasteiger partial charge < -0.3 is 19.0 Å². The predicted molar refractivity (Wildman–Crippen MR) is 157 cm³/mol. The zero-order chi connectivity index (χ0) is 32.8. The number of hydrogen-bond donors (Lipinski definition) is 0. The van der Waals surface area contributed by atoms with E-state index in [1.807, 2.05) is 4.90 Å². The highest BCUT2D eigenvalue weighted by Gasteiger charge is 2.38. The van der Waals surface area contributed by atoms with Crippen molar-refractivity contribution >= 4 is 22.8 Å². The van der Waals surface area contributed by atoms with E-state index in [1.54, 1.807) is 50.1 Å². The molecule has 0 bridgehead atoms. The summed E-state index contributed by atoms with van der Waals surface area (Å²) >= 11 is 0. The maximum absolute atomic E-state index is 15.8. The summed E-state index contributed by atoms with van der Waals surface area (Å²) in [4.78, 5) is 38.2. The molecule has 1 fully saturated rings. The highest BCUT2D eigenvalue weighted by atomic mass is 19.4. The van der Waals surface area contributed by atoms with Crippen LogP contribution in [0, 0.1) is 5.82 Å². The zero-order valence-electron chi connectivity index (χ0n) is 25.0. The van der Waals surface area contributed by atoms with Gasteiger partial charge in [-0.1, -0.05) is 0 Å². The number of anilines is 1. The van der Waals surface area contributed by atoms with Crippen molar-refractivity contribution in [1.29, 1.82) is 0 Å². The van der Waals surface area contributed by atoms with E-state index in [-0.39, 0.29) is 23.7 Å². The van der Waals surface area contributed by atoms with Crippen LogP contribution in [0.3, 0.4) is 0 Å². The van der Waals surface area contributed by atoms with Gasteiger partial charge in [0.25, 0.3) is 0 Å². The molecule has 0 atom stereocenters. The molecule has 46 heavy (non-hydrogen) atoms. The number of nitrogens with zero attached hydrogens (tertiary/aromatic N) is 8. The van der Waals surface area contributed by atoms with E-state index >= 15 is 4.39 Å². The van der Waals surface area contributed by atoms with Crippen LogP contribution in [0.4, 0.5) is 28.0 Å². The van der Waals surface area contributed by atoms with E-state index in [1.165, 1.54) is 39.7 Å². The van der Waals surface area contributed by atoms with E-state index in [4.69, 9.17) is 9.15 Å². The Morgan fingerprint density at radius 2 is 1.76 bits per heavy atom. The lowest BCUT2D eigenvalue weighted by atomic mass is 10.2. The van der Waals surface area contributed by atoms with Gasteiger partial charge in [-0.05, 0) is 51.1 Å². The number of pyridine rings is 2. The SMILES string of the molecule is CC(C)(C)OC(=O)N1CCN(c2cc3c(cc2F)n(Cc2ccc(-c4nnc(C(F)(F)F)o4)cn2)c(=O)n3-c2cccnc2)CC1. The van der Waals surface area contributed by atoms with E-state index in [9.17, 15) is 22.8 Å². The Labute approximate surface area is 258 Å². The Balaban J connectivity index is 1.32. The maximum Gasteiger partial charge on any atom is 0.470 e. The molecule has 0 spiro atoms. The molecule has 0 saturated carbocycles. The highest BCUT2D eigenvalue weighted by Crippen LogP contribution is 2.31. The fraction of sp³-hybridized carbons (Fsp3) is 0.333. The number of piperazine rings is 1. The van der Waals surface area contributed by atoms with Gasteiger partial charge in [-0.3, -0.25) is 19.1 Å². The maximum atomic E-state index is 15.8. The van der Waals surface area contributed by atoms with Crippen molar-refractivity contribution in [3.63, 3.8) is 0 Å². The number of amides is 1. The van der Waals surface area contributed by atoms with Crippen LogP contribution in [-0.4, -0.2) is 72.1 Å². The van der Waals surface area contributed by atoms with Gasteiger partial charge in [0.15, 0.2) is 0 Å². The summed E-state index contributed by atoms with van der Waals surface area (Å²) in [6.07, 6.45) is -0.887. The Hall–Kier alpha value is -5.28. The van der Waals surface area contributed by atoms with Crippen molar-refractivity contribution in [2.75, 3.05) is 31.1 Å². The second kappa shape index (κ2) is 11.6. The van der Waals surface area contributed by atoms with Gasteiger partial charge in [-0.15, -0.1) is 10.2 Å². The average molecular weight is 641 g/mol. The smallest absolute Gasteiger partial charge is 0.444 e. The van der Waals surface area contributed by atoms with Crippen LogP contribution in [0.15, 0.2) is 64.2 Å². The molecule has 4 aromatic heterocycles. The molecule has 1 aromatic carbocycles. The van der Waals surface area contributed by atoms with Crippen molar-refractivity contribution in [2.24, 2.45) is 0 Å². The molecular weight excluding hydrogens is 612 g/mol. The number of hydrogen-bond acceptors (Lipinski definition) is 9. The minimum Gasteiger partial charge on any atom is -0.444 e. The lowest BCUT2D eigenvalue weighted by Crippen LogP contribution is -2.50. The van der Waals surface area contributed by atoms with Crippen molar-refractivity contribution in [3.05, 3.63) is 82.9 Å². The number of alkyl halides is 3. The average Bonchev–Trinajstić information content (AvgIpc) is 3.61. The number of ether oxygens (including phenoxy) is 1. The normalized spacial score (nSPS) is 14.2. The first-order chi connectivity index (χ1) is 21.8. The van der Waals surface area contributed by atoms with Crippen molar-refractivity contribution in [2.45, 2.75) is 39.1 Å². The van der Waals surface area contributed by atoms with Gasteiger partial charge in [0.2, 0.25) is 5.89 Å². The third-order valence-corrected chi connectivity index (χ3v) is 7.23. The third-order valence-electron chi connectivity index (χ3n) is 7.23. The minimum atomic E-state index is -4.79. The number of halogens is 4. The quantitative estimate of drug-likeness (QED) is 0.247. The van der Waals surface area contributed by atoms with Gasteiger partial charge in [0, 0.05) is 44.6 Å². The molecule has 1 aliphatic heterocycles.